The Morgan fingerprint density at radius 1 is 1.15 bits per heavy atom. The molecule has 0 atom stereocenters. The van der Waals surface area contributed by atoms with Crippen molar-refractivity contribution in [2.75, 3.05) is 24.2 Å². The normalized spacial score (nSPS) is 11.7. The smallest absolute Gasteiger partial charge is 0.232 e. The molecule has 0 aromatic heterocycles. The lowest BCUT2D eigenvalue weighted by atomic mass is 10.1. The first kappa shape index (κ1) is 15.3. The molecule has 0 amide bonds. The third-order valence-corrected chi connectivity index (χ3v) is 4.95. The number of rotatable bonds is 6. The lowest BCUT2D eigenvalue weighted by molar-refractivity contribution is 0.199. The van der Waals surface area contributed by atoms with E-state index in [9.17, 15) is 8.42 Å². The Morgan fingerprint density at radius 2 is 1.85 bits per heavy atom. The van der Waals surface area contributed by atoms with Gasteiger partial charge in [0.15, 0.2) is 0 Å². The van der Waals surface area contributed by atoms with Crippen LogP contribution < -0.4 is 4.72 Å². The minimum atomic E-state index is -3.36. The van der Waals surface area contributed by atoms with E-state index in [4.69, 9.17) is 4.74 Å². The third kappa shape index (κ3) is 3.71. The maximum atomic E-state index is 12.0. The molecule has 4 nitrogen and oxygen atoms in total. The van der Waals surface area contributed by atoms with Crippen molar-refractivity contribution in [2.24, 2.45) is 0 Å². The molecule has 108 valence electrons. The zero-order chi connectivity index (χ0) is 14.6. The SMILES string of the molecule is COCCCS(=O)(=O)Nc1ccc(Br)c2ccccc12. The van der Waals surface area contributed by atoms with E-state index in [1.165, 1.54) is 0 Å². The zero-order valence-corrected chi connectivity index (χ0v) is 13.5. The summed E-state index contributed by atoms with van der Waals surface area (Å²) in [6, 6.07) is 11.3. The maximum absolute atomic E-state index is 12.0. The lowest BCUT2D eigenvalue weighted by Gasteiger charge is -2.11. The molecule has 0 fully saturated rings. The molecular formula is C14H16BrNO3S. The Hall–Kier alpha value is -1.11. The highest BCUT2D eigenvalue weighted by atomic mass is 79.9. The number of hydrogen-bond donors (Lipinski definition) is 1. The van der Waals surface area contributed by atoms with Gasteiger partial charge in [0.1, 0.15) is 0 Å². The monoisotopic (exact) mass is 357 g/mol. The van der Waals surface area contributed by atoms with Gasteiger partial charge in [0, 0.05) is 23.6 Å². The van der Waals surface area contributed by atoms with Gasteiger partial charge in [-0.3, -0.25) is 4.72 Å². The molecule has 0 aliphatic carbocycles. The van der Waals surface area contributed by atoms with Crippen LogP contribution in [0.25, 0.3) is 10.8 Å². The van der Waals surface area contributed by atoms with Crippen LogP contribution in [0.15, 0.2) is 40.9 Å². The van der Waals surface area contributed by atoms with Crippen LogP contribution in [0.5, 0.6) is 0 Å². The standard InChI is InChI=1S/C14H16BrNO3S/c1-19-9-4-10-20(17,18)16-14-8-7-13(15)11-5-2-3-6-12(11)14/h2-3,5-8,16H,4,9-10H2,1H3. The Kier molecular flexibility index (Phi) is 5.01. The van der Waals surface area contributed by atoms with Crippen molar-refractivity contribution < 1.29 is 13.2 Å². The molecule has 0 unspecified atom stereocenters. The summed E-state index contributed by atoms with van der Waals surface area (Å²) >= 11 is 3.47. The van der Waals surface area contributed by atoms with Gasteiger partial charge in [-0.25, -0.2) is 8.42 Å². The molecular weight excluding hydrogens is 342 g/mol. The fourth-order valence-electron chi connectivity index (χ4n) is 1.96. The fourth-order valence-corrected chi connectivity index (χ4v) is 3.55. The van der Waals surface area contributed by atoms with E-state index in [1.54, 1.807) is 13.2 Å². The van der Waals surface area contributed by atoms with Crippen molar-refractivity contribution in [3.63, 3.8) is 0 Å². The van der Waals surface area contributed by atoms with E-state index in [2.05, 4.69) is 20.7 Å². The van der Waals surface area contributed by atoms with Crippen molar-refractivity contribution in [1.29, 1.82) is 0 Å². The van der Waals surface area contributed by atoms with Gasteiger partial charge in [0.2, 0.25) is 10.0 Å². The van der Waals surface area contributed by atoms with Crippen LogP contribution in [-0.4, -0.2) is 27.9 Å². The summed E-state index contributed by atoms with van der Waals surface area (Å²) in [5.74, 6) is 0.0469. The van der Waals surface area contributed by atoms with Crippen LogP contribution in [0.4, 0.5) is 5.69 Å². The highest BCUT2D eigenvalue weighted by Gasteiger charge is 2.12. The molecule has 0 saturated carbocycles. The summed E-state index contributed by atoms with van der Waals surface area (Å²) in [6.45, 7) is 0.433. The number of benzene rings is 2. The first-order valence-corrected chi connectivity index (χ1v) is 8.65. The van der Waals surface area contributed by atoms with Crippen molar-refractivity contribution in [3.8, 4) is 0 Å². The van der Waals surface area contributed by atoms with Crippen LogP contribution in [0.2, 0.25) is 0 Å². The Balaban J connectivity index is 2.28. The molecule has 0 heterocycles. The number of fused-ring (bicyclic) bond motifs is 1. The van der Waals surface area contributed by atoms with Gasteiger partial charge in [-0.15, -0.1) is 0 Å². The number of nitrogens with one attached hydrogen (secondary N) is 1. The van der Waals surface area contributed by atoms with Gasteiger partial charge in [-0.1, -0.05) is 40.2 Å². The summed E-state index contributed by atoms with van der Waals surface area (Å²) in [5.41, 5.74) is 0.598. The molecule has 0 radical (unpaired) electrons. The molecule has 0 spiro atoms. The topological polar surface area (TPSA) is 55.4 Å². The molecule has 0 saturated heterocycles. The predicted molar refractivity (Wildman–Crippen MR) is 85.6 cm³/mol. The minimum Gasteiger partial charge on any atom is -0.385 e. The summed E-state index contributed by atoms with van der Waals surface area (Å²) in [6.07, 6.45) is 0.473. The van der Waals surface area contributed by atoms with Crippen molar-refractivity contribution in [3.05, 3.63) is 40.9 Å². The maximum Gasteiger partial charge on any atom is 0.232 e. The number of halogens is 1. The zero-order valence-electron chi connectivity index (χ0n) is 11.1. The Labute approximate surface area is 127 Å². The van der Waals surface area contributed by atoms with E-state index >= 15 is 0 Å². The summed E-state index contributed by atoms with van der Waals surface area (Å²) in [5, 5.41) is 1.85. The van der Waals surface area contributed by atoms with Gasteiger partial charge in [0.25, 0.3) is 0 Å². The number of sulfonamides is 1. The van der Waals surface area contributed by atoms with E-state index < -0.39 is 10.0 Å². The van der Waals surface area contributed by atoms with Crippen LogP contribution in [0, 0.1) is 0 Å². The second-order valence-electron chi connectivity index (χ2n) is 4.41. The highest BCUT2D eigenvalue weighted by Crippen LogP contribution is 2.30. The van der Waals surface area contributed by atoms with Crippen LogP contribution in [0.3, 0.4) is 0 Å². The van der Waals surface area contributed by atoms with Gasteiger partial charge < -0.3 is 4.74 Å². The molecule has 0 bridgehead atoms. The predicted octanol–water partition coefficient (Wildman–Crippen LogP) is 3.38. The molecule has 0 aliphatic rings. The largest absolute Gasteiger partial charge is 0.385 e. The molecule has 1 N–H and O–H groups in total. The molecule has 6 heteroatoms. The number of ether oxygens (including phenoxy) is 1. The van der Waals surface area contributed by atoms with E-state index in [-0.39, 0.29) is 5.75 Å². The summed E-state index contributed by atoms with van der Waals surface area (Å²) < 4.78 is 32.5. The van der Waals surface area contributed by atoms with E-state index in [0.717, 1.165) is 15.2 Å². The van der Waals surface area contributed by atoms with Gasteiger partial charge >= 0.3 is 0 Å². The molecule has 2 rings (SSSR count). The average Bonchev–Trinajstić information content (AvgIpc) is 2.42. The Bertz CT molecular complexity index is 701. The van der Waals surface area contributed by atoms with E-state index in [0.29, 0.717) is 18.7 Å². The van der Waals surface area contributed by atoms with Gasteiger partial charge in [-0.2, -0.15) is 0 Å². The third-order valence-electron chi connectivity index (χ3n) is 2.90. The number of methoxy groups -OCH3 is 1. The first-order chi connectivity index (χ1) is 9.53. The average molecular weight is 358 g/mol. The van der Waals surface area contributed by atoms with Gasteiger partial charge in [-0.05, 0) is 23.9 Å². The Morgan fingerprint density at radius 3 is 2.55 bits per heavy atom. The van der Waals surface area contributed by atoms with Crippen molar-refractivity contribution in [2.45, 2.75) is 6.42 Å². The first-order valence-electron chi connectivity index (χ1n) is 6.20. The second-order valence-corrected chi connectivity index (χ2v) is 7.10. The molecule has 0 aliphatic heterocycles. The molecule has 2 aromatic carbocycles. The van der Waals surface area contributed by atoms with Crippen molar-refractivity contribution in [1.82, 2.24) is 0 Å². The highest BCUT2D eigenvalue weighted by molar-refractivity contribution is 9.10. The van der Waals surface area contributed by atoms with Crippen LogP contribution >= 0.6 is 15.9 Å². The van der Waals surface area contributed by atoms with Crippen LogP contribution in [-0.2, 0) is 14.8 Å². The summed E-state index contributed by atoms with van der Waals surface area (Å²) in [7, 11) is -1.80. The molecule has 20 heavy (non-hydrogen) atoms. The van der Waals surface area contributed by atoms with Gasteiger partial charge in [0.05, 0.1) is 11.4 Å². The van der Waals surface area contributed by atoms with E-state index in [1.807, 2.05) is 30.3 Å². The number of anilines is 1. The molecule has 2 aromatic rings. The quantitative estimate of drug-likeness (QED) is 0.806. The van der Waals surface area contributed by atoms with Crippen LogP contribution in [0.1, 0.15) is 6.42 Å². The second kappa shape index (κ2) is 6.56. The lowest BCUT2D eigenvalue weighted by Crippen LogP contribution is -2.17. The van der Waals surface area contributed by atoms with Crippen molar-refractivity contribution >= 4 is 42.4 Å². The summed E-state index contributed by atoms with van der Waals surface area (Å²) in [4.78, 5) is 0. The number of hydrogen-bond acceptors (Lipinski definition) is 3. The minimum absolute atomic E-state index is 0.0469. The fraction of sp³-hybridized carbons (Fsp3) is 0.286.